The van der Waals surface area contributed by atoms with E-state index in [0.717, 1.165) is 11.1 Å². The Labute approximate surface area is 109 Å². The fraction of sp³-hybridized carbons (Fsp3) is 0.333. The summed E-state index contributed by atoms with van der Waals surface area (Å²) in [5.41, 5.74) is 1.66. The van der Waals surface area contributed by atoms with Crippen molar-refractivity contribution in [3.63, 3.8) is 0 Å². The van der Waals surface area contributed by atoms with Crippen LogP contribution in [0.4, 0.5) is 5.82 Å². The van der Waals surface area contributed by atoms with E-state index in [1.165, 1.54) is 0 Å². The fourth-order valence-electron chi connectivity index (χ4n) is 1.59. The van der Waals surface area contributed by atoms with Gasteiger partial charge in [-0.15, -0.1) is 0 Å². The average molecular weight is 262 g/mol. The van der Waals surface area contributed by atoms with Crippen LogP contribution in [0, 0.1) is 13.8 Å². The first-order chi connectivity index (χ1) is 9.06. The molecule has 2 rings (SSSR count). The third kappa shape index (κ3) is 3.27. The molecule has 0 aliphatic rings. The highest BCUT2D eigenvalue weighted by molar-refractivity contribution is 5.67. The maximum Gasteiger partial charge on any atom is 0.305 e. The molecule has 100 valence electrons. The van der Waals surface area contributed by atoms with E-state index < -0.39 is 5.97 Å². The van der Waals surface area contributed by atoms with Gasteiger partial charge in [-0.3, -0.25) is 4.79 Å². The number of carbonyl (C=O) groups is 1. The third-order valence-electron chi connectivity index (χ3n) is 2.50. The van der Waals surface area contributed by atoms with Crippen molar-refractivity contribution < 1.29 is 14.4 Å². The molecule has 0 saturated heterocycles. The molecular formula is C12H14N4O3. The molecule has 0 unspecified atom stereocenters. The van der Waals surface area contributed by atoms with E-state index in [1.54, 1.807) is 13.1 Å². The maximum absolute atomic E-state index is 10.4. The van der Waals surface area contributed by atoms with E-state index in [-0.39, 0.29) is 6.42 Å². The van der Waals surface area contributed by atoms with Crippen molar-refractivity contribution in [2.24, 2.45) is 0 Å². The van der Waals surface area contributed by atoms with Gasteiger partial charge in [-0.25, -0.2) is 4.98 Å². The van der Waals surface area contributed by atoms with E-state index in [1.807, 2.05) is 13.0 Å². The van der Waals surface area contributed by atoms with Gasteiger partial charge in [0.2, 0.25) is 11.7 Å². The van der Waals surface area contributed by atoms with E-state index in [0.29, 0.717) is 24.1 Å². The van der Waals surface area contributed by atoms with Crippen molar-refractivity contribution in [3.05, 3.63) is 23.7 Å². The van der Waals surface area contributed by atoms with Gasteiger partial charge < -0.3 is 14.9 Å². The summed E-state index contributed by atoms with van der Waals surface area (Å²) in [6.45, 7) is 3.94. The molecule has 2 aromatic heterocycles. The highest BCUT2D eigenvalue weighted by Crippen LogP contribution is 2.20. The minimum Gasteiger partial charge on any atom is -0.481 e. The number of carboxylic acid groups (broad SMARTS) is 1. The quantitative estimate of drug-likeness (QED) is 0.844. The van der Waals surface area contributed by atoms with Gasteiger partial charge in [-0.1, -0.05) is 5.16 Å². The monoisotopic (exact) mass is 262 g/mol. The molecule has 2 aromatic rings. The van der Waals surface area contributed by atoms with Crippen LogP contribution >= 0.6 is 0 Å². The number of pyridine rings is 1. The SMILES string of the molecule is Cc1nc(-c2cnc(NCCC(=O)O)c(C)c2)no1. The first-order valence-electron chi connectivity index (χ1n) is 5.79. The van der Waals surface area contributed by atoms with Crippen LogP contribution in [0.15, 0.2) is 16.8 Å². The largest absolute Gasteiger partial charge is 0.481 e. The highest BCUT2D eigenvalue weighted by atomic mass is 16.5. The van der Waals surface area contributed by atoms with Gasteiger partial charge in [0, 0.05) is 25.2 Å². The Hall–Kier alpha value is -2.44. The Kier molecular flexibility index (Phi) is 3.74. The number of nitrogens with zero attached hydrogens (tertiary/aromatic N) is 3. The Bertz CT molecular complexity index is 594. The Balaban J connectivity index is 2.11. The van der Waals surface area contributed by atoms with Gasteiger partial charge in [0.15, 0.2) is 0 Å². The first kappa shape index (κ1) is 13.0. The number of rotatable bonds is 5. The number of hydrogen-bond donors (Lipinski definition) is 2. The predicted octanol–water partition coefficient (Wildman–Crippen LogP) is 1.64. The third-order valence-corrected chi connectivity index (χ3v) is 2.50. The molecule has 0 radical (unpaired) electrons. The summed E-state index contributed by atoms with van der Waals surface area (Å²) in [6.07, 6.45) is 1.67. The summed E-state index contributed by atoms with van der Waals surface area (Å²) in [5, 5.41) is 15.4. The van der Waals surface area contributed by atoms with Crippen molar-refractivity contribution in [1.82, 2.24) is 15.1 Å². The number of aliphatic carboxylic acids is 1. The second-order valence-electron chi connectivity index (χ2n) is 4.10. The molecule has 7 heteroatoms. The zero-order valence-corrected chi connectivity index (χ0v) is 10.7. The van der Waals surface area contributed by atoms with Crippen molar-refractivity contribution in [3.8, 4) is 11.4 Å². The number of hydrogen-bond acceptors (Lipinski definition) is 6. The van der Waals surface area contributed by atoms with Crippen LogP contribution in [-0.4, -0.2) is 32.7 Å². The lowest BCUT2D eigenvalue weighted by Crippen LogP contribution is -2.09. The van der Waals surface area contributed by atoms with E-state index >= 15 is 0 Å². The average Bonchev–Trinajstić information content (AvgIpc) is 2.77. The second kappa shape index (κ2) is 5.47. The zero-order chi connectivity index (χ0) is 13.8. The van der Waals surface area contributed by atoms with Crippen molar-refractivity contribution in [2.75, 3.05) is 11.9 Å². The molecule has 0 bridgehead atoms. The number of nitrogens with one attached hydrogen (secondary N) is 1. The van der Waals surface area contributed by atoms with Gasteiger partial charge in [0.1, 0.15) is 5.82 Å². The van der Waals surface area contributed by atoms with E-state index in [4.69, 9.17) is 9.63 Å². The number of anilines is 1. The lowest BCUT2D eigenvalue weighted by Gasteiger charge is -2.07. The van der Waals surface area contributed by atoms with Crippen LogP contribution in [0.2, 0.25) is 0 Å². The first-order valence-corrected chi connectivity index (χ1v) is 5.79. The summed E-state index contributed by atoms with van der Waals surface area (Å²) in [5.74, 6) is 0.802. The molecule has 0 spiro atoms. The second-order valence-corrected chi connectivity index (χ2v) is 4.10. The summed E-state index contributed by atoms with van der Waals surface area (Å²) in [7, 11) is 0. The van der Waals surface area contributed by atoms with Crippen molar-refractivity contribution in [2.45, 2.75) is 20.3 Å². The molecule has 7 nitrogen and oxygen atoms in total. The number of carboxylic acids is 1. The Morgan fingerprint density at radius 1 is 1.47 bits per heavy atom. The van der Waals surface area contributed by atoms with E-state index in [9.17, 15) is 4.79 Å². The van der Waals surface area contributed by atoms with Gasteiger partial charge in [-0.2, -0.15) is 4.98 Å². The van der Waals surface area contributed by atoms with Gasteiger partial charge in [0.25, 0.3) is 0 Å². The molecule has 0 saturated carbocycles. The maximum atomic E-state index is 10.4. The summed E-state index contributed by atoms with van der Waals surface area (Å²) in [4.78, 5) is 18.8. The Morgan fingerprint density at radius 2 is 2.26 bits per heavy atom. The van der Waals surface area contributed by atoms with E-state index in [2.05, 4.69) is 20.4 Å². The molecule has 0 atom stereocenters. The summed E-state index contributed by atoms with van der Waals surface area (Å²) in [6, 6.07) is 1.88. The minimum absolute atomic E-state index is 0.0485. The molecule has 0 fully saturated rings. The summed E-state index contributed by atoms with van der Waals surface area (Å²) < 4.78 is 4.91. The number of aromatic nitrogens is 3. The number of aryl methyl sites for hydroxylation is 2. The predicted molar refractivity (Wildman–Crippen MR) is 67.7 cm³/mol. The normalized spacial score (nSPS) is 10.4. The molecule has 2 N–H and O–H groups in total. The van der Waals surface area contributed by atoms with Gasteiger partial charge in [-0.05, 0) is 18.6 Å². The molecule has 2 heterocycles. The van der Waals surface area contributed by atoms with Crippen molar-refractivity contribution in [1.29, 1.82) is 0 Å². The summed E-state index contributed by atoms with van der Waals surface area (Å²) >= 11 is 0. The molecule has 0 aromatic carbocycles. The van der Waals surface area contributed by atoms with Crippen molar-refractivity contribution >= 4 is 11.8 Å². The molecule has 0 amide bonds. The molecule has 19 heavy (non-hydrogen) atoms. The molecule has 0 aliphatic carbocycles. The lowest BCUT2D eigenvalue weighted by atomic mass is 10.2. The van der Waals surface area contributed by atoms with Crippen LogP contribution < -0.4 is 5.32 Å². The van der Waals surface area contributed by atoms with Crippen LogP contribution in [0.1, 0.15) is 17.9 Å². The topological polar surface area (TPSA) is 101 Å². The highest BCUT2D eigenvalue weighted by Gasteiger charge is 2.08. The minimum atomic E-state index is -0.843. The lowest BCUT2D eigenvalue weighted by molar-refractivity contribution is -0.136. The van der Waals surface area contributed by atoms with Gasteiger partial charge >= 0.3 is 5.97 Å². The van der Waals surface area contributed by atoms with Crippen LogP contribution in [0.5, 0.6) is 0 Å². The smallest absolute Gasteiger partial charge is 0.305 e. The van der Waals surface area contributed by atoms with Crippen LogP contribution in [0.3, 0.4) is 0 Å². The van der Waals surface area contributed by atoms with Crippen LogP contribution in [0.25, 0.3) is 11.4 Å². The van der Waals surface area contributed by atoms with Gasteiger partial charge in [0.05, 0.1) is 6.42 Å². The molecule has 0 aliphatic heterocycles. The fourth-order valence-corrected chi connectivity index (χ4v) is 1.59. The molecular weight excluding hydrogens is 248 g/mol. The zero-order valence-electron chi connectivity index (χ0n) is 10.7. The standard InChI is InChI=1S/C12H14N4O3/c1-7-5-9(12-15-8(2)19-16-12)6-14-11(7)13-4-3-10(17)18/h5-6H,3-4H2,1-2H3,(H,13,14)(H,17,18). The van der Waals surface area contributed by atoms with Crippen LogP contribution in [-0.2, 0) is 4.79 Å². The Morgan fingerprint density at radius 3 is 2.84 bits per heavy atom.